The number of benzene rings is 1. The van der Waals surface area contributed by atoms with E-state index in [-0.39, 0.29) is 17.8 Å². The van der Waals surface area contributed by atoms with Gasteiger partial charge in [0.05, 0.1) is 6.54 Å². The molecule has 1 aromatic rings. The number of guanidine groups is 1. The van der Waals surface area contributed by atoms with Gasteiger partial charge in [0.15, 0.2) is 5.96 Å². The third kappa shape index (κ3) is 6.83. The Bertz CT molecular complexity index is 554. The Kier molecular flexibility index (Phi) is 8.68. The van der Waals surface area contributed by atoms with Crippen molar-refractivity contribution < 1.29 is 14.2 Å². The van der Waals surface area contributed by atoms with Gasteiger partial charge in [0, 0.05) is 25.8 Å². The third-order valence-corrected chi connectivity index (χ3v) is 4.93. The number of ether oxygens (including phenoxy) is 1. The lowest BCUT2D eigenvalue weighted by atomic mass is 9.72. The molecule has 1 saturated carbocycles. The van der Waals surface area contributed by atoms with E-state index in [2.05, 4.69) is 10.6 Å². The molecule has 0 saturated heterocycles. The maximum absolute atomic E-state index is 13.1. The molecule has 0 aromatic heterocycles. The van der Waals surface area contributed by atoms with Crippen molar-refractivity contribution in [1.82, 2.24) is 10.6 Å². The van der Waals surface area contributed by atoms with Crippen molar-refractivity contribution in [3.8, 4) is 5.75 Å². The van der Waals surface area contributed by atoms with E-state index < -0.39 is 0 Å². The van der Waals surface area contributed by atoms with Gasteiger partial charge in [-0.2, -0.15) is 0 Å². The van der Waals surface area contributed by atoms with Gasteiger partial charge in [-0.15, -0.1) is 0 Å². The van der Waals surface area contributed by atoms with Gasteiger partial charge in [0.2, 0.25) is 0 Å². The summed E-state index contributed by atoms with van der Waals surface area (Å²) in [6, 6.07) is 6.15. The molecule has 1 aromatic carbocycles. The smallest absolute Gasteiger partial charge is 0.191 e. The summed E-state index contributed by atoms with van der Waals surface area (Å²) < 4.78 is 18.7. The Morgan fingerprint density at radius 3 is 2.77 bits per heavy atom. The lowest BCUT2D eigenvalue weighted by molar-refractivity contribution is 0.137. The van der Waals surface area contributed by atoms with Crippen LogP contribution in [0.1, 0.15) is 45.4 Å². The molecule has 0 aliphatic heterocycles. The SMILES string of the molecule is CCNC(=NCC1(CCO)CCCCC1)NCCOc1cccc(F)c1. The quantitative estimate of drug-likeness (QED) is 0.357. The maximum Gasteiger partial charge on any atom is 0.191 e. The van der Waals surface area contributed by atoms with E-state index in [1.807, 2.05) is 6.92 Å². The minimum absolute atomic E-state index is 0.132. The number of hydrogen-bond donors (Lipinski definition) is 3. The van der Waals surface area contributed by atoms with E-state index in [0.717, 1.165) is 38.3 Å². The number of aliphatic imine (C=N–C) groups is 1. The predicted octanol–water partition coefficient (Wildman–Crippen LogP) is 3.09. The minimum atomic E-state index is -0.299. The average molecular weight is 365 g/mol. The lowest BCUT2D eigenvalue weighted by Gasteiger charge is -2.35. The van der Waals surface area contributed by atoms with Gasteiger partial charge in [-0.1, -0.05) is 25.3 Å². The summed E-state index contributed by atoms with van der Waals surface area (Å²) in [5.41, 5.74) is 0.132. The minimum Gasteiger partial charge on any atom is -0.492 e. The predicted molar refractivity (Wildman–Crippen MR) is 103 cm³/mol. The van der Waals surface area contributed by atoms with Crippen molar-refractivity contribution in [2.75, 3.05) is 32.8 Å². The topological polar surface area (TPSA) is 65.9 Å². The normalized spacial score (nSPS) is 17.0. The molecule has 0 spiro atoms. The van der Waals surface area contributed by atoms with Crippen LogP contribution < -0.4 is 15.4 Å². The molecule has 1 fully saturated rings. The van der Waals surface area contributed by atoms with Gasteiger partial charge in [0.25, 0.3) is 0 Å². The molecule has 146 valence electrons. The van der Waals surface area contributed by atoms with Crippen LogP contribution in [0.5, 0.6) is 5.75 Å². The van der Waals surface area contributed by atoms with Crippen LogP contribution in [-0.2, 0) is 0 Å². The zero-order chi connectivity index (χ0) is 18.7. The number of nitrogens with zero attached hydrogens (tertiary/aromatic N) is 1. The van der Waals surface area contributed by atoms with E-state index in [0.29, 0.717) is 18.9 Å². The number of rotatable bonds is 9. The monoisotopic (exact) mass is 365 g/mol. The molecule has 0 atom stereocenters. The summed E-state index contributed by atoms with van der Waals surface area (Å²) >= 11 is 0. The van der Waals surface area contributed by atoms with Gasteiger partial charge in [-0.3, -0.25) is 4.99 Å². The second-order valence-corrected chi connectivity index (χ2v) is 6.96. The molecular weight excluding hydrogens is 333 g/mol. The van der Waals surface area contributed by atoms with Crippen molar-refractivity contribution >= 4 is 5.96 Å². The van der Waals surface area contributed by atoms with Crippen LogP contribution in [0.25, 0.3) is 0 Å². The Hall–Kier alpha value is -1.82. The van der Waals surface area contributed by atoms with Crippen LogP contribution in [0.2, 0.25) is 0 Å². The fourth-order valence-electron chi connectivity index (χ4n) is 3.51. The van der Waals surface area contributed by atoms with E-state index in [1.165, 1.54) is 31.4 Å². The molecule has 26 heavy (non-hydrogen) atoms. The molecule has 2 rings (SSSR count). The highest BCUT2D eigenvalue weighted by Gasteiger charge is 2.31. The Labute approximate surface area is 156 Å². The first-order valence-electron chi connectivity index (χ1n) is 9.69. The Morgan fingerprint density at radius 1 is 1.27 bits per heavy atom. The van der Waals surface area contributed by atoms with Gasteiger partial charge in [-0.25, -0.2) is 4.39 Å². The summed E-state index contributed by atoms with van der Waals surface area (Å²) in [5, 5.41) is 15.9. The van der Waals surface area contributed by atoms with Gasteiger partial charge in [-0.05, 0) is 43.7 Å². The van der Waals surface area contributed by atoms with Crippen molar-refractivity contribution in [3.63, 3.8) is 0 Å². The third-order valence-electron chi connectivity index (χ3n) is 4.93. The van der Waals surface area contributed by atoms with Crippen LogP contribution in [0.4, 0.5) is 4.39 Å². The largest absolute Gasteiger partial charge is 0.492 e. The fourth-order valence-corrected chi connectivity index (χ4v) is 3.51. The molecular formula is C20H32FN3O2. The molecule has 0 unspecified atom stereocenters. The number of aliphatic hydroxyl groups excluding tert-OH is 1. The summed E-state index contributed by atoms with van der Waals surface area (Å²) in [4.78, 5) is 4.75. The van der Waals surface area contributed by atoms with E-state index in [1.54, 1.807) is 12.1 Å². The zero-order valence-corrected chi connectivity index (χ0v) is 15.8. The average Bonchev–Trinajstić information content (AvgIpc) is 2.64. The van der Waals surface area contributed by atoms with Crippen LogP contribution in [-0.4, -0.2) is 43.9 Å². The van der Waals surface area contributed by atoms with Gasteiger partial charge < -0.3 is 20.5 Å². The summed E-state index contributed by atoms with van der Waals surface area (Å²) in [5.74, 6) is 0.989. The molecule has 0 bridgehead atoms. The molecule has 0 radical (unpaired) electrons. The highest BCUT2D eigenvalue weighted by atomic mass is 19.1. The van der Waals surface area contributed by atoms with Crippen LogP contribution in [0.15, 0.2) is 29.3 Å². The number of aliphatic hydroxyl groups is 1. The molecule has 5 nitrogen and oxygen atoms in total. The van der Waals surface area contributed by atoms with Crippen LogP contribution in [0, 0.1) is 11.2 Å². The van der Waals surface area contributed by atoms with Gasteiger partial charge >= 0.3 is 0 Å². The standard InChI is InChI=1S/C20H32FN3O2/c1-2-22-19(23-12-14-26-18-8-6-7-17(21)15-18)24-16-20(11-13-25)9-4-3-5-10-20/h6-8,15,25H,2-5,9-14,16H2,1H3,(H2,22,23,24). The summed E-state index contributed by atoms with van der Waals surface area (Å²) in [6.07, 6.45) is 6.82. The zero-order valence-electron chi connectivity index (χ0n) is 15.8. The highest BCUT2D eigenvalue weighted by Crippen LogP contribution is 2.39. The molecule has 0 amide bonds. The van der Waals surface area contributed by atoms with Crippen LogP contribution >= 0.6 is 0 Å². The van der Waals surface area contributed by atoms with Crippen molar-refractivity contribution in [3.05, 3.63) is 30.1 Å². The number of hydrogen-bond acceptors (Lipinski definition) is 3. The first kappa shape index (κ1) is 20.5. The summed E-state index contributed by atoms with van der Waals surface area (Å²) in [6.45, 7) is 4.77. The van der Waals surface area contributed by atoms with Gasteiger partial charge in [0.1, 0.15) is 18.2 Å². The van der Waals surface area contributed by atoms with E-state index >= 15 is 0 Å². The van der Waals surface area contributed by atoms with Crippen molar-refractivity contribution in [1.29, 1.82) is 0 Å². The highest BCUT2D eigenvalue weighted by molar-refractivity contribution is 5.79. The number of halogens is 1. The lowest BCUT2D eigenvalue weighted by Crippen LogP contribution is -2.40. The van der Waals surface area contributed by atoms with Crippen LogP contribution in [0.3, 0.4) is 0 Å². The maximum atomic E-state index is 13.1. The second-order valence-electron chi connectivity index (χ2n) is 6.96. The molecule has 1 aliphatic carbocycles. The first-order chi connectivity index (χ1) is 12.7. The second kappa shape index (κ2) is 11.0. The van der Waals surface area contributed by atoms with E-state index in [9.17, 15) is 9.50 Å². The Balaban J connectivity index is 1.83. The first-order valence-corrected chi connectivity index (χ1v) is 9.69. The molecule has 0 heterocycles. The van der Waals surface area contributed by atoms with Crippen molar-refractivity contribution in [2.24, 2.45) is 10.4 Å². The molecule has 3 N–H and O–H groups in total. The summed E-state index contributed by atoms with van der Waals surface area (Å²) in [7, 11) is 0. The molecule has 1 aliphatic rings. The van der Waals surface area contributed by atoms with Crippen molar-refractivity contribution in [2.45, 2.75) is 45.4 Å². The fraction of sp³-hybridized carbons (Fsp3) is 0.650. The Morgan fingerprint density at radius 2 is 2.08 bits per heavy atom. The molecule has 6 heteroatoms. The van der Waals surface area contributed by atoms with E-state index in [4.69, 9.17) is 9.73 Å². The number of nitrogens with one attached hydrogen (secondary N) is 2.